The first-order chi connectivity index (χ1) is 6.24. The third kappa shape index (κ3) is 1.67. The van der Waals surface area contributed by atoms with E-state index in [2.05, 4.69) is 4.98 Å². The van der Waals surface area contributed by atoms with Crippen LogP contribution in [0.4, 0.5) is 0 Å². The van der Waals surface area contributed by atoms with Crippen LogP contribution in [0, 0.1) is 0 Å². The molecule has 1 aromatic rings. The van der Waals surface area contributed by atoms with Gasteiger partial charge >= 0.3 is 0 Å². The molecule has 70 valence electrons. The molecule has 13 heavy (non-hydrogen) atoms. The zero-order valence-corrected chi connectivity index (χ0v) is 7.32. The molecule has 0 bridgehead atoms. The highest BCUT2D eigenvalue weighted by Crippen LogP contribution is 2.22. The van der Waals surface area contributed by atoms with Gasteiger partial charge in [-0.3, -0.25) is 9.78 Å². The third-order valence-corrected chi connectivity index (χ3v) is 1.87. The minimum Gasteiger partial charge on any atom is -0.505 e. The highest BCUT2D eigenvalue weighted by atomic mass is 16.3. The van der Waals surface area contributed by atoms with Crippen LogP contribution in [0.5, 0.6) is 5.75 Å². The van der Waals surface area contributed by atoms with E-state index in [0.717, 1.165) is 0 Å². The summed E-state index contributed by atoms with van der Waals surface area (Å²) in [4.78, 5) is 14.5. The number of aliphatic hydroxyl groups is 1. The fraction of sp³-hybridized carbons (Fsp3) is 0.333. The van der Waals surface area contributed by atoms with Crippen molar-refractivity contribution in [2.75, 3.05) is 0 Å². The summed E-state index contributed by atoms with van der Waals surface area (Å²) in [6, 6.07) is 0. The number of nitrogens with zero attached hydrogens (tertiary/aromatic N) is 1. The maximum Gasteiger partial charge on any atom is 0.154 e. The highest BCUT2D eigenvalue weighted by Gasteiger charge is 2.11. The van der Waals surface area contributed by atoms with E-state index in [4.69, 9.17) is 5.11 Å². The molecular weight excluding hydrogens is 170 g/mol. The predicted octanol–water partition coefficient (Wildman–Crippen LogP) is 0.654. The zero-order valence-electron chi connectivity index (χ0n) is 7.32. The zero-order chi connectivity index (χ0) is 9.84. The van der Waals surface area contributed by atoms with E-state index >= 15 is 0 Å². The van der Waals surface area contributed by atoms with Crippen LogP contribution < -0.4 is 0 Å². The molecule has 4 nitrogen and oxygen atoms in total. The normalized spacial score (nSPS) is 10.0. The number of aryl methyl sites for hydroxylation is 1. The van der Waals surface area contributed by atoms with Crippen molar-refractivity contribution < 1.29 is 15.0 Å². The summed E-state index contributed by atoms with van der Waals surface area (Å²) in [5, 5.41) is 18.3. The Hall–Kier alpha value is -1.42. The molecule has 1 heterocycles. The van der Waals surface area contributed by atoms with Gasteiger partial charge in [0.25, 0.3) is 0 Å². The first-order valence-electron chi connectivity index (χ1n) is 4.00. The lowest BCUT2D eigenvalue weighted by Crippen LogP contribution is -1.99. The maximum atomic E-state index is 10.6. The van der Waals surface area contributed by atoms with Gasteiger partial charge in [0.1, 0.15) is 5.75 Å². The summed E-state index contributed by atoms with van der Waals surface area (Å²) in [6.07, 6.45) is 2.49. The predicted molar refractivity (Wildman–Crippen MR) is 46.6 cm³/mol. The number of aldehydes is 1. The second-order valence-electron chi connectivity index (χ2n) is 2.62. The van der Waals surface area contributed by atoms with E-state index < -0.39 is 0 Å². The molecule has 0 aromatic carbocycles. The lowest BCUT2D eigenvalue weighted by atomic mass is 10.1. The second-order valence-corrected chi connectivity index (χ2v) is 2.62. The number of carbonyl (C=O) groups is 1. The van der Waals surface area contributed by atoms with Gasteiger partial charge in [-0.25, -0.2) is 0 Å². The van der Waals surface area contributed by atoms with E-state index in [1.165, 1.54) is 6.20 Å². The molecule has 0 saturated heterocycles. The van der Waals surface area contributed by atoms with E-state index in [1.54, 1.807) is 0 Å². The second kappa shape index (κ2) is 4.00. The van der Waals surface area contributed by atoms with Gasteiger partial charge in [-0.1, -0.05) is 6.92 Å². The number of hydrogen-bond donors (Lipinski definition) is 2. The molecule has 4 heteroatoms. The number of hydrogen-bond acceptors (Lipinski definition) is 4. The smallest absolute Gasteiger partial charge is 0.154 e. The highest BCUT2D eigenvalue weighted by molar-refractivity contribution is 5.81. The first-order valence-corrected chi connectivity index (χ1v) is 4.00. The van der Waals surface area contributed by atoms with Gasteiger partial charge < -0.3 is 10.2 Å². The molecule has 0 spiro atoms. The number of aliphatic hydroxyl groups excluding tert-OH is 1. The van der Waals surface area contributed by atoms with Crippen molar-refractivity contribution in [3.8, 4) is 5.75 Å². The number of pyridine rings is 1. The van der Waals surface area contributed by atoms with Gasteiger partial charge in [-0.05, 0) is 6.42 Å². The van der Waals surface area contributed by atoms with E-state index in [9.17, 15) is 9.90 Å². The topological polar surface area (TPSA) is 70.4 Å². The van der Waals surface area contributed by atoms with Crippen LogP contribution in [-0.2, 0) is 13.0 Å². The van der Waals surface area contributed by atoms with Crippen molar-refractivity contribution in [1.82, 2.24) is 4.98 Å². The molecule has 0 amide bonds. The molecule has 1 rings (SSSR count). The summed E-state index contributed by atoms with van der Waals surface area (Å²) in [7, 11) is 0. The van der Waals surface area contributed by atoms with Crippen LogP contribution in [0.15, 0.2) is 6.20 Å². The molecule has 0 unspecified atom stereocenters. The van der Waals surface area contributed by atoms with Crippen LogP contribution in [0.3, 0.4) is 0 Å². The van der Waals surface area contributed by atoms with Crippen molar-refractivity contribution in [2.45, 2.75) is 20.0 Å². The Morgan fingerprint density at radius 2 is 2.31 bits per heavy atom. The fourth-order valence-electron chi connectivity index (χ4n) is 1.11. The molecule has 2 N–H and O–H groups in total. The van der Waals surface area contributed by atoms with Gasteiger partial charge in [0.05, 0.1) is 17.9 Å². The Morgan fingerprint density at radius 3 is 2.77 bits per heavy atom. The van der Waals surface area contributed by atoms with Crippen molar-refractivity contribution in [2.24, 2.45) is 0 Å². The molecular formula is C9H11NO3. The monoisotopic (exact) mass is 181 g/mol. The summed E-state index contributed by atoms with van der Waals surface area (Å²) in [6.45, 7) is 1.54. The van der Waals surface area contributed by atoms with E-state index in [-0.39, 0.29) is 17.9 Å². The van der Waals surface area contributed by atoms with Gasteiger partial charge in [0.15, 0.2) is 6.29 Å². The minimum absolute atomic E-state index is 0.121. The molecule has 0 aliphatic carbocycles. The first kappa shape index (κ1) is 9.67. The van der Waals surface area contributed by atoms with E-state index in [0.29, 0.717) is 24.0 Å². The van der Waals surface area contributed by atoms with Crippen LogP contribution in [0.1, 0.15) is 28.5 Å². The average Bonchev–Trinajstić information content (AvgIpc) is 2.17. The molecule has 0 aliphatic rings. The average molecular weight is 181 g/mol. The van der Waals surface area contributed by atoms with E-state index in [1.807, 2.05) is 6.92 Å². The maximum absolute atomic E-state index is 10.6. The summed E-state index contributed by atoms with van der Waals surface area (Å²) >= 11 is 0. The van der Waals surface area contributed by atoms with Gasteiger partial charge in [0, 0.05) is 11.8 Å². The lowest BCUT2D eigenvalue weighted by molar-refractivity contribution is 0.111. The number of aromatic hydroxyl groups is 1. The Bertz CT molecular complexity index is 323. The van der Waals surface area contributed by atoms with Crippen molar-refractivity contribution >= 4 is 6.29 Å². The standard InChI is InChI=1S/C9H11NO3/c1-2-8-9(13)7(5-12)6(4-11)3-10-8/h3,5,11,13H,2,4H2,1H3. The van der Waals surface area contributed by atoms with Gasteiger partial charge in [-0.2, -0.15) is 0 Å². The molecule has 0 fully saturated rings. The Kier molecular flexibility index (Phi) is 2.97. The van der Waals surface area contributed by atoms with Crippen molar-refractivity contribution in [3.63, 3.8) is 0 Å². The minimum atomic E-state index is -0.293. The van der Waals surface area contributed by atoms with Crippen LogP contribution in [0.25, 0.3) is 0 Å². The Morgan fingerprint density at radius 1 is 1.62 bits per heavy atom. The van der Waals surface area contributed by atoms with Crippen molar-refractivity contribution in [1.29, 1.82) is 0 Å². The third-order valence-electron chi connectivity index (χ3n) is 1.87. The quantitative estimate of drug-likeness (QED) is 0.672. The fourth-order valence-corrected chi connectivity index (χ4v) is 1.11. The number of rotatable bonds is 3. The van der Waals surface area contributed by atoms with Crippen molar-refractivity contribution in [3.05, 3.63) is 23.0 Å². The Balaban J connectivity index is 3.31. The molecule has 0 saturated carbocycles. The van der Waals surface area contributed by atoms with Gasteiger partial charge in [0.2, 0.25) is 0 Å². The van der Waals surface area contributed by atoms with Crippen LogP contribution >= 0.6 is 0 Å². The molecule has 0 radical (unpaired) electrons. The van der Waals surface area contributed by atoms with Gasteiger partial charge in [-0.15, -0.1) is 0 Å². The summed E-state index contributed by atoms with van der Waals surface area (Å²) in [5.74, 6) is -0.121. The van der Waals surface area contributed by atoms with Crippen LogP contribution in [0.2, 0.25) is 0 Å². The number of carbonyl (C=O) groups excluding carboxylic acids is 1. The lowest BCUT2D eigenvalue weighted by Gasteiger charge is -2.06. The summed E-state index contributed by atoms with van der Waals surface area (Å²) in [5.41, 5.74) is 0.957. The molecule has 0 aliphatic heterocycles. The molecule has 1 aromatic heterocycles. The number of aromatic nitrogens is 1. The largest absolute Gasteiger partial charge is 0.505 e. The molecule has 0 atom stereocenters. The Labute approximate surface area is 75.9 Å². The summed E-state index contributed by atoms with van der Waals surface area (Å²) < 4.78 is 0. The SMILES string of the molecule is CCc1ncc(CO)c(C=O)c1O. The van der Waals surface area contributed by atoms with Crippen LogP contribution in [-0.4, -0.2) is 21.5 Å².